The predicted molar refractivity (Wildman–Crippen MR) is 123 cm³/mol. The van der Waals surface area contributed by atoms with Crippen molar-refractivity contribution >= 4 is 24.4 Å². The van der Waals surface area contributed by atoms with E-state index >= 15 is 0 Å². The van der Waals surface area contributed by atoms with Gasteiger partial charge in [0.25, 0.3) is 5.82 Å². The van der Waals surface area contributed by atoms with E-state index in [0.29, 0.717) is 48.1 Å². The maximum atomic E-state index is 13.6. The molecule has 1 aromatic carbocycles. The summed E-state index contributed by atoms with van der Waals surface area (Å²) in [4.78, 5) is 12.7. The van der Waals surface area contributed by atoms with Crippen LogP contribution in [0.4, 0.5) is 19.1 Å². The normalized spacial score (nSPS) is 15.3. The lowest BCUT2D eigenvalue weighted by atomic mass is 10.2. The van der Waals surface area contributed by atoms with Gasteiger partial charge in [-0.15, -0.1) is 5.10 Å². The van der Waals surface area contributed by atoms with Crippen LogP contribution in [0.3, 0.4) is 0 Å². The number of ether oxygens (including phenoxy) is 1. The van der Waals surface area contributed by atoms with Crippen LogP contribution in [0.1, 0.15) is 17.1 Å². The van der Waals surface area contributed by atoms with Gasteiger partial charge in [0.1, 0.15) is 5.75 Å². The van der Waals surface area contributed by atoms with Crippen LogP contribution in [-0.2, 0) is 12.8 Å². The summed E-state index contributed by atoms with van der Waals surface area (Å²) in [5.41, 5.74) is 1.47. The van der Waals surface area contributed by atoms with E-state index in [-0.39, 0.29) is 11.4 Å². The van der Waals surface area contributed by atoms with Crippen molar-refractivity contribution in [1.29, 1.82) is 0 Å². The molecule has 0 bridgehead atoms. The number of benzene rings is 1. The molecule has 0 aliphatic carbocycles. The number of alkyl halides is 3. The van der Waals surface area contributed by atoms with E-state index in [1.165, 1.54) is 13.3 Å². The number of nitrogens with zero attached hydrogens (tertiary/aromatic N) is 8. The van der Waals surface area contributed by atoms with Gasteiger partial charge in [0.2, 0.25) is 10.7 Å². The monoisotopic (exact) mass is 492 g/mol. The lowest BCUT2D eigenvalue weighted by molar-refractivity contribution is -0.147. The zero-order valence-electron chi connectivity index (χ0n) is 18.6. The second kappa shape index (κ2) is 9.89. The van der Waals surface area contributed by atoms with E-state index in [0.717, 1.165) is 10.4 Å². The van der Waals surface area contributed by atoms with Crippen LogP contribution < -0.4 is 9.64 Å². The molecule has 1 aliphatic heterocycles. The molecule has 2 aromatic heterocycles. The maximum absolute atomic E-state index is 13.6. The van der Waals surface area contributed by atoms with Crippen LogP contribution in [0.15, 0.2) is 41.6 Å². The highest BCUT2D eigenvalue weighted by atomic mass is 32.1. The quantitative estimate of drug-likeness (QED) is 0.386. The number of rotatable bonds is 6. The van der Waals surface area contributed by atoms with Crippen molar-refractivity contribution in [3.63, 3.8) is 0 Å². The van der Waals surface area contributed by atoms with Crippen LogP contribution in [0.25, 0.3) is 0 Å². The summed E-state index contributed by atoms with van der Waals surface area (Å²) in [7, 11) is 1.53. The zero-order chi connectivity index (χ0) is 24.3. The molecule has 1 saturated heterocycles. The van der Waals surface area contributed by atoms with Crippen molar-refractivity contribution in [3.8, 4) is 5.75 Å². The number of aromatic nitrogens is 5. The first-order chi connectivity index (χ1) is 16.2. The molecule has 0 radical (unpaired) electrons. The van der Waals surface area contributed by atoms with Crippen LogP contribution in [0.2, 0.25) is 0 Å². The summed E-state index contributed by atoms with van der Waals surface area (Å²) in [5.74, 6) is 0.105. The Labute approximate surface area is 199 Å². The van der Waals surface area contributed by atoms with Crippen molar-refractivity contribution in [3.05, 3.63) is 58.4 Å². The van der Waals surface area contributed by atoms with Crippen molar-refractivity contribution in [2.45, 2.75) is 19.8 Å². The topological polar surface area (TPSA) is 76.6 Å². The molecule has 0 atom stereocenters. The summed E-state index contributed by atoms with van der Waals surface area (Å²) in [6.45, 7) is 4.49. The predicted octanol–water partition coefficient (Wildman–Crippen LogP) is 3.20. The van der Waals surface area contributed by atoms with E-state index in [1.807, 2.05) is 22.8 Å². The Bertz CT molecular complexity index is 1210. The molecule has 0 spiro atoms. The lowest BCUT2D eigenvalue weighted by Gasteiger charge is -2.34. The highest BCUT2D eigenvalue weighted by Crippen LogP contribution is 2.28. The Morgan fingerprint density at radius 2 is 1.82 bits per heavy atom. The fraction of sp³-hybridized carbons (Fsp3) is 0.381. The van der Waals surface area contributed by atoms with E-state index < -0.39 is 12.0 Å². The van der Waals surface area contributed by atoms with E-state index in [4.69, 9.17) is 17.0 Å². The average molecular weight is 493 g/mol. The first kappa shape index (κ1) is 23.8. The first-order valence-electron chi connectivity index (χ1n) is 10.5. The summed E-state index contributed by atoms with van der Waals surface area (Å²) in [6, 6.07) is 8.57. The standard InChI is InChI=1S/C21H23F3N8OS/c1-15-7-8-25-19(27-15)30-11-9-29(10-12-30)14-31-20(34)32(18(28-31)21(22,23)24)26-13-16-3-5-17(33-2)6-4-16/h3-8,13H,9-12,14H2,1-2H3/b26-13+. The lowest BCUT2D eigenvalue weighted by Crippen LogP contribution is -2.47. The van der Waals surface area contributed by atoms with E-state index in [9.17, 15) is 13.2 Å². The molecule has 0 saturated carbocycles. The molecule has 34 heavy (non-hydrogen) atoms. The van der Waals surface area contributed by atoms with Crippen LogP contribution in [0.5, 0.6) is 5.75 Å². The average Bonchev–Trinajstić information content (AvgIpc) is 3.14. The molecule has 13 heteroatoms. The SMILES string of the molecule is COc1ccc(/C=N/n2c(C(F)(F)F)nn(CN3CCN(c4nccc(C)n4)CC3)c2=S)cc1. The van der Waals surface area contributed by atoms with Crippen molar-refractivity contribution < 1.29 is 17.9 Å². The first-order valence-corrected chi connectivity index (χ1v) is 10.9. The van der Waals surface area contributed by atoms with Crippen LogP contribution in [-0.4, -0.2) is 68.8 Å². The molecule has 0 unspecified atom stereocenters. The number of piperazine rings is 1. The summed E-state index contributed by atoms with van der Waals surface area (Å²) in [6.07, 6.45) is -1.70. The molecule has 0 N–H and O–H groups in total. The number of hydrogen-bond donors (Lipinski definition) is 0. The summed E-state index contributed by atoms with van der Waals surface area (Å²) >= 11 is 5.29. The fourth-order valence-electron chi connectivity index (χ4n) is 3.45. The molecule has 3 aromatic rings. The van der Waals surface area contributed by atoms with Crippen LogP contribution in [0, 0.1) is 11.7 Å². The maximum Gasteiger partial charge on any atom is 0.453 e. The number of methoxy groups -OCH3 is 1. The fourth-order valence-corrected chi connectivity index (χ4v) is 3.69. The van der Waals surface area contributed by atoms with Gasteiger partial charge in [0.15, 0.2) is 0 Å². The van der Waals surface area contributed by atoms with Gasteiger partial charge in [-0.2, -0.15) is 22.9 Å². The largest absolute Gasteiger partial charge is 0.497 e. The van der Waals surface area contributed by atoms with E-state index in [1.54, 1.807) is 30.5 Å². The molecular formula is C21H23F3N8OS. The summed E-state index contributed by atoms with van der Waals surface area (Å²) < 4.78 is 47.7. The minimum absolute atomic E-state index is 0.121. The van der Waals surface area contributed by atoms with Crippen molar-refractivity contribution in [1.82, 2.24) is 29.3 Å². The molecule has 180 valence electrons. The van der Waals surface area contributed by atoms with Gasteiger partial charge in [0.05, 0.1) is 20.0 Å². The van der Waals surface area contributed by atoms with Gasteiger partial charge in [0, 0.05) is 38.1 Å². The third kappa shape index (κ3) is 5.42. The third-order valence-electron chi connectivity index (χ3n) is 5.28. The highest BCUT2D eigenvalue weighted by molar-refractivity contribution is 7.71. The van der Waals surface area contributed by atoms with Gasteiger partial charge in [-0.05, 0) is 55.0 Å². The second-order valence-electron chi connectivity index (χ2n) is 7.68. The minimum atomic E-state index is -4.71. The van der Waals surface area contributed by atoms with Gasteiger partial charge in [-0.3, -0.25) is 4.90 Å². The Balaban J connectivity index is 1.50. The third-order valence-corrected chi connectivity index (χ3v) is 5.66. The Morgan fingerprint density at radius 1 is 1.12 bits per heavy atom. The molecule has 3 heterocycles. The molecular weight excluding hydrogens is 469 g/mol. The van der Waals surface area contributed by atoms with Gasteiger partial charge < -0.3 is 9.64 Å². The molecule has 9 nitrogen and oxygen atoms in total. The smallest absolute Gasteiger partial charge is 0.453 e. The molecule has 1 aliphatic rings. The van der Waals surface area contributed by atoms with E-state index in [2.05, 4.69) is 20.2 Å². The molecule has 1 fully saturated rings. The number of halogens is 3. The molecule has 0 amide bonds. The number of aryl methyl sites for hydroxylation is 1. The Kier molecular flexibility index (Phi) is 6.93. The van der Waals surface area contributed by atoms with Crippen LogP contribution >= 0.6 is 12.2 Å². The van der Waals surface area contributed by atoms with Crippen molar-refractivity contribution in [2.75, 3.05) is 38.2 Å². The Morgan fingerprint density at radius 3 is 2.44 bits per heavy atom. The minimum Gasteiger partial charge on any atom is -0.497 e. The van der Waals surface area contributed by atoms with Crippen molar-refractivity contribution in [2.24, 2.45) is 5.10 Å². The van der Waals surface area contributed by atoms with Gasteiger partial charge in [-0.1, -0.05) is 0 Å². The Hall–Kier alpha value is -3.32. The zero-order valence-corrected chi connectivity index (χ0v) is 19.4. The number of anilines is 1. The summed E-state index contributed by atoms with van der Waals surface area (Å²) in [5, 5.41) is 7.71. The number of hydrogen-bond acceptors (Lipinski definition) is 8. The highest BCUT2D eigenvalue weighted by Gasteiger charge is 2.39. The molecule has 4 rings (SSSR count). The second-order valence-corrected chi connectivity index (χ2v) is 8.04. The van der Waals surface area contributed by atoms with Gasteiger partial charge >= 0.3 is 6.18 Å². The van der Waals surface area contributed by atoms with Gasteiger partial charge in [-0.25, -0.2) is 14.6 Å².